The number of ether oxygens (including phenoxy) is 2. The number of rotatable bonds is 6. The third kappa shape index (κ3) is 6.28. The van der Waals surface area contributed by atoms with E-state index in [2.05, 4.69) is 0 Å². The van der Waals surface area contributed by atoms with Crippen molar-refractivity contribution >= 4 is 0 Å². The molecular weight excluding hydrogens is 144 g/mol. The summed E-state index contributed by atoms with van der Waals surface area (Å²) >= 11 is 0. The maximum absolute atomic E-state index is 8.62. The zero-order valence-electron chi connectivity index (χ0n) is 7.54. The Hall–Kier alpha value is -0.120. The quantitative estimate of drug-likeness (QED) is 0.595. The van der Waals surface area contributed by atoms with Crippen molar-refractivity contribution in [3.8, 4) is 0 Å². The van der Waals surface area contributed by atoms with Gasteiger partial charge in [-0.2, -0.15) is 0 Å². The lowest BCUT2D eigenvalue weighted by Crippen LogP contribution is -2.22. The van der Waals surface area contributed by atoms with Crippen LogP contribution in [0.3, 0.4) is 0 Å². The molecule has 0 heterocycles. The Morgan fingerprint density at radius 1 is 1.36 bits per heavy atom. The largest absolute Gasteiger partial charge is 0.396 e. The fraction of sp³-hybridized carbons (Fsp3) is 1.00. The molecule has 3 nitrogen and oxygen atoms in total. The second kappa shape index (κ2) is 6.58. The maximum Gasteiger partial charge on any atom is 0.160 e. The van der Waals surface area contributed by atoms with Gasteiger partial charge < -0.3 is 14.6 Å². The van der Waals surface area contributed by atoms with Crippen LogP contribution in [-0.4, -0.2) is 30.7 Å². The summed E-state index contributed by atoms with van der Waals surface area (Å²) in [6, 6.07) is 0. The summed E-state index contributed by atoms with van der Waals surface area (Å²) in [4.78, 5) is 0. The Kier molecular flexibility index (Phi) is 6.51. The first-order valence-corrected chi connectivity index (χ1v) is 4.08. The van der Waals surface area contributed by atoms with Crippen molar-refractivity contribution in [1.82, 2.24) is 0 Å². The second-order valence-electron chi connectivity index (χ2n) is 2.58. The first-order chi connectivity index (χ1) is 5.20. The standard InChI is InChI=1S/C8H18O3/c1-4-10-8(5-6-9)11-7(2)3/h7-9H,4-6H2,1-3H3. The summed E-state index contributed by atoms with van der Waals surface area (Å²) in [6.45, 7) is 6.54. The molecule has 0 saturated heterocycles. The highest BCUT2D eigenvalue weighted by molar-refractivity contribution is 4.46. The normalized spacial score (nSPS) is 13.9. The predicted octanol–water partition coefficient (Wildman–Crippen LogP) is 1.16. The highest BCUT2D eigenvalue weighted by Crippen LogP contribution is 2.03. The van der Waals surface area contributed by atoms with Gasteiger partial charge in [-0.15, -0.1) is 0 Å². The van der Waals surface area contributed by atoms with Crippen LogP contribution in [0.15, 0.2) is 0 Å². The molecule has 0 aromatic carbocycles. The van der Waals surface area contributed by atoms with Crippen LogP contribution in [0.25, 0.3) is 0 Å². The van der Waals surface area contributed by atoms with Crippen LogP contribution < -0.4 is 0 Å². The van der Waals surface area contributed by atoms with E-state index in [4.69, 9.17) is 14.6 Å². The molecule has 0 aliphatic heterocycles. The molecule has 0 rings (SSSR count). The molecule has 11 heavy (non-hydrogen) atoms. The van der Waals surface area contributed by atoms with Gasteiger partial charge in [-0.1, -0.05) is 0 Å². The number of aliphatic hydroxyl groups is 1. The van der Waals surface area contributed by atoms with Crippen molar-refractivity contribution in [2.24, 2.45) is 0 Å². The van der Waals surface area contributed by atoms with Crippen LogP contribution in [0.4, 0.5) is 0 Å². The Morgan fingerprint density at radius 2 is 2.00 bits per heavy atom. The number of hydrogen-bond donors (Lipinski definition) is 1. The van der Waals surface area contributed by atoms with E-state index >= 15 is 0 Å². The molecule has 1 atom stereocenters. The van der Waals surface area contributed by atoms with Gasteiger partial charge in [0, 0.05) is 19.6 Å². The minimum atomic E-state index is -0.245. The van der Waals surface area contributed by atoms with Crippen LogP contribution in [0.5, 0.6) is 0 Å². The van der Waals surface area contributed by atoms with Gasteiger partial charge in [0.05, 0.1) is 6.10 Å². The monoisotopic (exact) mass is 162 g/mol. The third-order valence-corrected chi connectivity index (χ3v) is 1.14. The van der Waals surface area contributed by atoms with E-state index in [1.807, 2.05) is 20.8 Å². The van der Waals surface area contributed by atoms with Gasteiger partial charge in [-0.05, 0) is 20.8 Å². The fourth-order valence-electron chi connectivity index (χ4n) is 0.786. The molecule has 0 saturated carbocycles. The average molecular weight is 162 g/mol. The summed E-state index contributed by atoms with van der Waals surface area (Å²) in [6.07, 6.45) is 0.453. The van der Waals surface area contributed by atoms with Crippen LogP contribution in [0.2, 0.25) is 0 Å². The lowest BCUT2D eigenvalue weighted by atomic mass is 10.4. The van der Waals surface area contributed by atoms with E-state index in [1.165, 1.54) is 0 Å². The van der Waals surface area contributed by atoms with Gasteiger partial charge in [-0.25, -0.2) is 0 Å². The molecule has 0 aromatic rings. The molecule has 0 amide bonds. The lowest BCUT2D eigenvalue weighted by molar-refractivity contribution is -0.166. The van der Waals surface area contributed by atoms with Crippen molar-refractivity contribution in [2.45, 2.75) is 39.6 Å². The predicted molar refractivity (Wildman–Crippen MR) is 43.3 cm³/mol. The van der Waals surface area contributed by atoms with Crippen LogP contribution in [0.1, 0.15) is 27.2 Å². The molecule has 0 radical (unpaired) electrons. The van der Waals surface area contributed by atoms with Gasteiger partial charge in [0.1, 0.15) is 0 Å². The van der Waals surface area contributed by atoms with Crippen molar-refractivity contribution in [1.29, 1.82) is 0 Å². The molecule has 0 aromatic heterocycles. The van der Waals surface area contributed by atoms with E-state index < -0.39 is 0 Å². The molecule has 3 heteroatoms. The molecule has 0 aliphatic carbocycles. The first-order valence-electron chi connectivity index (χ1n) is 4.08. The summed E-state index contributed by atoms with van der Waals surface area (Å²) in [5.74, 6) is 0. The SMILES string of the molecule is CCOC(CCO)OC(C)C. The molecule has 0 aliphatic rings. The first kappa shape index (κ1) is 10.9. The van der Waals surface area contributed by atoms with Gasteiger partial charge in [0.15, 0.2) is 6.29 Å². The van der Waals surface area contributed by atoms with E-state index in [1.54, 1.807) is 0 Å². The van der Waals surface area contributed by atoms with Gasteiger partial charge in [0.2, 0.25) is 0 Å². The highest BCUT2D eigenvalue weighted by atomic mass is 16.7. The second-order valence-corrected chi connectivity index (χ2v) is 2.58. The summed E-state index contributed by atoms with van der Waals surface area (Å²) in [7, 11) is 0. The Balaban J connectivity index is 3.50. The Bertz CT molecular complexity index is 77.4. The number of aliphatic hydroxyl groups excluding tert-OH is 1. The fourth-order valence-corrected chi connectivity index (χ4v) is 0.786. The Morgan fingerprint density at radius 3 is 2.36 bits per heavy atom. The number of hydrogen-bond acceptors (Lipinski definition) is 3. The van der Waals surface area contributed by atoms with Gasteiger partial charge in [0.25, 0.3) is 0 Å². The van der Waals surface area contributed by atoms with Crippen molar-refractivity contribution in [3.63, 3.8) is 0 Å². The molecular formula is C8H18O3. The maximum atomic E-state index is 8.62. The lowest BCUT2D eigenvalue weighted by Gasteiger charge is -2.18. The van der Waals surface area contributed by atoms with Crippen LogP contribution >= 0.6 is 0 Å². The smallest absolute Gasteiger partial charge is 0.160 e. The molecule has 0 fully saturated rings. The molecule has 0 spiro atoms. The average Bonchev–Trinajstić information content (AvgIpc) is 1.87. The topological polar surface area (TPSA) is 38.7 Å². The van der Waals surface area contributed by atoms with E-state index in [9.17, 15) is 0 Å². The summed E-state index contributed by atoms with van der Waals surface area (Å²) < 4.78 is 10.6. The minimum Gasteiger partial charge on any atom is -0.396 e. The highest BCUT2D eigenvalue weighted by Gasteiger charge is 2.08. The van der Waals surface area contributed by atoms with E-state index in [0.29, 0.717) is 13.0 Å². The van der Waals surface area contributed by atoms with Crippen LogP contribution in [0, 0.1) is 0 Å². The van der Waals surface area contributed by atoms with Crippen molar-refractivity contribution in [2.75, 3.05) is 13.2 Å². The van der Waals surface area contributed by atoms with E-state index in [0.717, 1.165) is 0 Å². The summed E-state index contributed by atoms with van der Waals surface area (Å²) in [5, 5.41) is 8.62. The zero-order valence-corrected chi connectivity index (χ0v) is 7.54. The molecule has 1 N–H and O–H groups in total. The van der Waals surface area contributed by atoms with Crippen molar-refractivity contribution < 1.29 is 14.6 Å². The zero-order chi connectivity index (χ0) is 8.69. The van der Waals surface area contributed by atoms with Gasteiger partial charge in [-0.3, -0.25) is 0 Å². The molecule has 1 unspecified atom stereocenters. The Labute approximate surface area is 68.3 Å². The van der Waals surface area contributed by atoms with Gasteiger partial charge >= 0.3 is 0 Å². The summed E-state index contributed by atoms with van der Waals surface area (Å²) in [5.41, 5.74) is 0. The molecule has 68 valence electrons. The van der Waals surface area contributed by atoms with E-state index in [-0.39, 0.29) is 19.0 Å². The molecule has 0 bridgehead atoms. The van der Waals surface area contributed by atoms with Crippen molar-refractivity contribution in [3.05, 3.63) is 0 Å². The van der Waals surface area contributed by atoms with Crippen LogP contribution in [-0.2, 0) is 9.47 Å². The third-order valence-electron chi connectivity index (χ3n) is 1.14. The minimum absolute atomic E-state index is 0.109.